The Bertz CT molecular complexity index is 855. The van der Waals surface area contributed by atoms with Crippen molar-refractivity contribution in [3.8, 4) is 11.8 Å². The first-order valence-electron chi connectivity index (χ1n) is 8.09. The smallest absolute Gasteiger partial charge is 0.344 e. The fourth-order valence-corrected chi connectivity index (χ4v) is 2.29. The number of nitrogens with zero attached hydrogens (tertiary/aromatic N) is 1. The normalized spacial score (nSPS) is 11.2. The Morgan fingerprint density at radius 3 is 2.65 bits per heavy atom. The van der Waals surface area contributed by atoms with Gasteiger partial charge in [-0.15, -0.1) is 0 Å². The van der Waals surface area contributed by atoms with E-state index >= 15 is 0 Å². The van der Waals surface area contributed by atoms with Gasteiger partial charge in [0.1, 0.15) is 5.75 Å². The van der Waals surface area contributed by atoms with Crippen molar-refractivity contribution in [3.63, 3.8) is 0 Å². The van der Waals surface area contributed by atoms with E-state index in [9.17, 15) is 9.59 Å². The van der Waals surface area contributed by atoms with Crippen molar-refractivity contribution < 1.29 is 19.1 Å². The molecule has 2 aromatic carbocycles. The molecule has 1 amide bonds. The van der Waals surface area contributed by atoms with Crippen LogP contribution in [0.2, 0.25) is 0 Å². The van der Waals surface area contributed by atoms with E-state index in [1.807, 2.05) is 32.0 Å². The molecule has 0 radical (unpaired) electrons. The fourth-order valence-electron chi connectivity index (χ4n) is 2.29. The summed E-state index contributed by atoms with van der Waals surface area (Å²) in [5, 5.41) is 11.5. The zero-order valence-electron chi connectivity index (χ0n) is 14.9. The first-order chi connectivity index (χ1) is 12.4. The summed E-state index contributed by atoms with van der Waals surface area (Å²) in [4.78, 5) is 24.0. The second kappa shape index (κ2) is 8.67. The van der Waals surface area contributed by atoms with Crippen LogP contribution in [-0.2, 0) is 14.3 Å². The molecular weight excluding hydrogens is 332 g/mol. The van der Waals surface area contributed by atoms with Gasteiger partial charge >= 0.3 is 5.97 Å². The molecular formula is C20H20N2O4. The van der Waals surface area contributed by atoms with Gasteiger partial charge in [-0.1, -0.05) is 23.8 Å². The molecule has 0 fully saturated rings. The molecule has 0 heterocycles. The second-order valence-corrected chi connectivity index (χ2v) is 5.87. The van der Waals surface area contributed by atoms with Gasteiger partial charge in [-0.3, -0.25) is 4.79 Å². The number of ether oxygens (including phenoxy) is 2. The monoisotopic (exact) mass is 352 g/mol. The lowest BCUT2D eigenvalue weighted by Gasteiger charge is -2.14. The summed E-state index contributed by atoms with van der Waals surface area (Å²) in [5.74, 6) is -0.531. The van der Waals surface area contributed by atoms with E-state index in [-0.39, 0.29) is 6.61 Å². The average Bonchev–Trinajstić information content (AvgIpc) is 2.61. The lowest BCUT2D eigenvalue weighted by Crippen LogP contribution is -2.31. The molecule has 0 aromatic heterocycles. The van der Waals surface area contributed by atoms with Crippen LogP contribution < -0.4 is 10.1 Å². The van der Waals surface area contributed by atoms with Gasteiger partial charge in [-0.2, -0.15) is 5.26 Å². The van der Waals surface area contributed by atoms with Crippen LogP contribution in [0.4, 0.5) is 5.69 Å². The number of carbonyl (C=O) groups is 2. The van der Waals surface area contributed by atoms with Gasteiger partial charge in [0.2, 0.25) is 0 Å². The van der Waals surface area contributed by atoms with Crippen molar-refractivity contribution >= 4 is 17.6 Å². The van der Waals surface area contributed by atoms with E-state index in [0.717, 1.165) is 11.1 Å². The second-order valence-electron chi connectivity index (χ2n) is 5.87. The number of amides is 1. The van der Waals surface area contributed by atoms with Crippen LogP contribution in [0.3, 0.4) is 0 Å². The highest BCUT2D eigenvalue weighted by Gasteiger charge is 2.18. The highest BCUT2D eigenvalue weighted by atomic mass is 16.6. The van der Waals surface area contributed by atoms with Crippen molar-refractivity contribution in [2.45, 2.75) is 26.9 Å². The molecule has 134 valence electrons. The van der Waals surface area contributed by atoms with Crippen LogP contribution in [0.1, 0.15) is 23.6 Å². The first-order valence-corrected chi connectivity index (χ1v) is 8.09. The lowest BCUT2D eigenvalue weighted by molar-refractivity contribution is -0.155. The molecule has 0 saturated carbocycles. The topological polar surface area (TPSA) is 88.4 Å². The third kappa shape index (κ3) is 5.35. The maximum Gasteiger partial charge on any atom is 0.344 e. The summed E-state index contributed by atoms with van der Waals surface area (Å²) in [5.41, 5.74) is 2.90. The summed E-state index contributed by atoms with van der Waals surface area (Å²) in [6.07, 6.45) is -0.990. The van der Waals surface area contributed by atoms with Crippen LogP contribution in [-0.4, -0.2) is 24.6 Å². The number of nitriles is 1. The number of benzene rings is 2. The fraction of sp³-hybridized carbons (Fsp3) is 0.250. The third-order valence-corrected chi connectivity index (χ3v) is 3.61. The van der Waals surface area contributed by atoms with Crippen molar-refractivity contribution in [1.82, 2.24) is 0 Å². The predicted octanol–water partition coefficient (Wildman–Crippen LogP) is 3.12. The van der Waals surface area contributed by atoms with Gasteiger partial charge in [0, 0.05) is 5.69 Å². The van der Waals surface area contributed by atoms with Gasteiger partial charge in [0.05, 0.1) is 11.6 Å². The van der Waals surface area contributed by atoms with Gasteiger partial charge in [-0.05, 0) is 50.6 Å². The molecule has 0 spiro atoms. The number of nitrogens with one attached hydrogen (secondary N) is 1. The summed E-state index contributed by atoms with van der Waals surface area (Å²) >= 11 is 0. The van der Waals surface area contributed by atoms with Gasteiger partial charge in [0.15, 0.2) is 12.7 Å². The van der Waals surface area contributed by atoms with Crippen molar-refractivity contribution in [2.24, 2.45) is 0 Å². The van der Waals surface area contributed by atoms with E-state index in [4.69, 9.17) is 14.7 Å². The number of esters is 1. The zero-order chi connectivity index (χ0) is 19.1. The standard InChI is InChI=1S/C20H20N2O4/c1-13-7-8-18(14(2)9-13)25-12-19(23)26-15(3)20(24)22-17-6-4-5-16(10-17)11-21/h4-10,15H,12H2,1-3H3,(H,22,24)/t15-/m1/s1. The molecule has 1 N–H and O–H groups in total. The molecule has 0 aliphatic heterocycles. The van der Waals surface area contributed by atoms with Crippen LogP contribution in [0.5, 0.6) is 5.75 Å². The quantitative estimate of drug-likeness (QED) is 0.807. The van der Waals surface area contributed by atoms with Crippen molar-refractivity contribution in [2.75, 3.05) is 11.9 Å². The van der Waals surface area contributed by atoms with E-state index in [0.29, 0.717) is 17.0 Å². The van der Waals surface area contributed by atoms with E-state index in [1.54, 1.807) is 24.3 Å². The molecule has 6 heteroatoms. The summed E-state index contributed by atoms with van der Waals surface area (Å²) < 4.78 is 10.5. The summed E-state index contributed by atoms with van der Waals surface area (Å²) in [6, 6.07) is 14.1. The molecule has 1 atom stereocenters. The first kappa shape index (κ1) is 19.0. The SMILES string of the molecule is Cc1ccc(OCC(=O)O[C@H](C)C(=O)Nc2cccc(C#N)c2)c(C)c1. The molecule has 0 aliphatic rings. The molecule has 6 nitrogen and oxygen atoms in total. The molecule has 2 rings (SSSR count). The largest absolute Gasteiger partial charge is 0.482 e. The van der Waals surface area contributed by atoms with Crippen LogP contribution >= 0.6 is 0 Å². The number of anilines is 1. The Labute approximate surface area is 152 Å². The Morgan fingerprint density at radius 1 is 1.19 bits per heavy atom. The lowest BCUT2D eigenvalue weighted by atomic mass is 10.1. The Kier molecular flexibility index (Phi) is 6.34. The molecule has 0 aliphatic carbocycles. The number of hydrogen-bond donors (Lipinski definition) is 1. The molecule has 0 saturated heterocycles. The minimum Gasteiger partial charge on any atom is -0.482 e. The number of carbonyl (C=O) groups excluding carboxylic acids is 2. The number of rotatable bonds is 6. The summed E-state index contributed by atoms with van der Waals surface area (Å²) in [7, 11) is 0. The molecule has 2 aromatic rings. The van der Waals surface area contributed by atoms with Crippen LogP contribution in [0.25, 0.3) is 0 Å². The van der Waals surface area contributed by atoms with Crippen molar-refractivity contribution in [1.29, 1.82) is 5.26 Å². The highest BCUT2D eigenvalue weighted by molar-refractivity contribution is 5.95. The Hall–Kier alpha value is -3.33. The maximum absolute atomic E-state index is 12.1. The minimum absolute atomic E-state index is 0.286. The van der Waals surface area contributed by atoms with Crippen LogP contribution in [0, 0.1) is 25.2 Å². The molecule has 26 heavy (non-hydrogen) atoms. The molecule has 0 unspecified atom stereocenters. The number of aryl methyl sites for hydroxylation is 2. The number of hydrogen-bond acceptors (Lipinski definition) is 5. The zero-order valence-corrected chi connectivity index (χ0v) is 14.9. The minimum atomic E-state index is -0.990. The Morgan fingerprint density at radius 2 is 1.96 bits per heavy atom. The van der Waals surface area contributed by atoms with Gasteiger partial charge in [0.25, 0.3) is 5.91 Å². The summed E-state index contributed by atoms with van der Waals surface area (Å²) in [6.45, 7) is 5.04. The van der Waals surface area contributed by atoms with E-state index in [1.165, 1.54) is 13.0 Å². The predicted molar refractivity (Wildman–Crippen MR) is 96.8 cm³/mol. The van der Waals surface area contributed by atoms with Gasteiger partial charge < -0.3 is 14.8 Å². The Balaban J connectivity index is 1.85. The van der Waals surface area contributed by atoms with Crippen LogP contribution in [0.15, 0.2) is 42.5 Å². The maximum atomic E-state index is 12.1. The van der Waals surface area contributed by atoms with E-state index < -0.39 is 18.0 Å². The van der Waals surface area contributed by atoms with Crippen molar-refractivity contribution in [3.05, 3.63) is 59.2 Å². The van der Waals surface area contributed by atoms with Gasteiger partial charge in [-0.25, -0.2) is 4.79 Å². The third-order valence-electron chi connectivity index (χ3n) is 3.61. The highest BCUT2D eigenvalue weighted by Crippen LogP contribution is 2.18. The average molecular weight is 352 g/mol. The molecule has 0 bridgehead atoms. The van der Waals surface area contributed by atoms with E-state index in [2.05, 4.69) is 5.32 Å².